The molecule has 0 aromatic heterocycles. The van der Waals surface area contributed by atoms with Gasteiger partial charge in [-0.2, -0.15) is 0 Å². The quantitative estimate of drug-likeness (QED) is 0.150. The van der Waals surface area contributed by atoms with Crippen molar-refractivity contribution in [3.63, 3.8) is 0 Å². The molecule has 0 radical (unpaired) electrons. The van der Waals surface area contributed by atoms with E-state index in [-0.39, 0.29) is 0 Å². The Kier molecular flexibility index (Phi) is 5.72. The van der Waals surface area contributed by atoms with Crippen molar-refractivity contribution in [2.45, 2.75) is 24.6 Å². The smallest absolute Gasteiger partial charge is 0.222 e. The number of ketones is 1. The largest absolute Gasteiger partial charge is 0.394 e. The summed E-state index contributed by atoms with van der Waals surface area (Å²) in [6.45, 7) is -0.893. The van der Waals surface area contributed by atoms with Crippen LogP contribution < -0.4 is 0 Å². The van der Waals surface area contributed by atoms with Crippen LogP contribution in [0.1, 0.15) is 0 Å². The van der Waals surface area contributed by atoms with Gasteiger partial charge < -0.3 is 25.5 Å². The minimum atomic E-state index is -2.22. The number of carbonyl (C=O) groups is 1. The van der Waals surface area contributed by atoms with Crippen LogP contribution in [0.5, 0.6) is 0 Å². The summed E-state index contributed by atoms with van der Waals surface area (Å²) >= 11 is 0. The first-order valence-electron chi connectivity index (χ1n) is 3.62. The summed E-state index contributed by atoms with van der Waals surface area (Å²) in [4.78, 5) is 14.1. The van der Waals surface area contributed by atoms with Gasteiger partial charge in [-0.15, -0.1) is 0 Å². The first kappa shape index (κ1) is 13.4. The zero-order chi connectivity index (χ0) is 11.3. The molecule has 0 aromatic carbocycles. The molecule has 0 rings (SSSR count). The van der Waals surface area contributed by atoms with Gasteiger partial charge in [-0.25, -0.2) is 10.1 Å². The fourth-order valence-corrected chi connectivity index (χ4v) is 0.663. The predicted octanol–water partition coefficient (Wildman–Crippen LogP) is -3.56. The summed E-state index contributed by atoms with van der Waals surface area (Å²) in [5.41, 5.74) is 0. The third-order valence-electron chi connectivity index (χ3n) is 1.51. The number of aliphatic hydroxyl groups excluding tert-OH is 5. The maximum atomic E-state index is 10.9. The third-order valence-corrected chi connectivity index (χ3v) is 1.51. The number of hydrogen-bond donors (Lipinski definition) is 6. The number of aliphatic hydroxyl groups is 5. The molecule has 8 nitrogen and oxygen atoms in total. The lowest BCUT2D eigenvalue weighted by Gasteiger charge is -2.19. The Bertz CT molecular complexity index is 165. The molecule has 0 heterocycles. The monoisotopic (exact) mass is 212 g/mol. The number of carbonyl (C=O) groups excluding carboxylic acids is 1. The number of Topliss-reactive ketones (excluding diaryl/α,β-unsaturated/α-hetero) is 1. The van der Waals surface area contributed by atoms with Crippen molar-refractivity contribution in [2.75, 3.05) is 6.61 Å². The van der Waals surface area contributed by atoms with Gasteiger partial charge in [0.05, 0.1) is 6.61 Å². The summed E-state index contributed by atoms with van der Waals surface area (Å²) in [6.07, 6.45) is -8.28. The molecule has 0 fully saturated rings. The Morgan fingerprint density at radius 2 is 1.64 bits per heavy atom. The molecular weight excluding hydrogens is 200 g/mol. The van der Waals surface area contributed by atoms with Gasteiger partial charge in [-0.1, -0.05) is 0 Å². The minimum absolute atomic E-state index is 0.893. The molecule has 8 heteroatoms. The highest BCUT2D eigenvalue weighted by Crippen LogP contribution is 2.03. The summed E-state index contributed by atoms with van der Waals surface area (Å²) in [7, 11) is 0. The van der Waals surface area contributed by atoms with Crippen molar-refractivity contribution in [1.29, 1.82) is 0 Å². The van der Waals surface area contributed by atoms with E-state index in [1.165, 1.54) is 0 Å². The van der Waals surface area contributed by atoms with Crippen LogP contribution in [0.4, 0.5) is 0 Å². The molecule has 0 aromatic rings. The van der Waals surface area contributed by atoms with Gasteiger partial charge in [-0.05, 0) is 0 Å². The van der Waals surface area contributed by atoms with Crippen LogP contribution in [0.3, 0.4) is 0 Å². The molecule has 1 unspecified atom stereocenters. The first-order valence-corrected chi connectivity index (χ1v) is 3.62. The molecule has 4 atom stereocenters. The van der Waals surface area contributed by atoms with Crippen molar-refractivity contribution in [2.24, 2.45) is 0 Å². The van der Waals surface area contributed by atoms with E-state index in [4.69, 9.17) is 30.8 Å². The second-order valence-electron chi connectivity index (χ2n) is 2.54. The highest BCUT2D eigenvalue weighted by Gasteiger charge is 2.34. The van der Waals surface area contributed by atoms with E-state index in [0.717, 1.165) is 0 Å². The lowest BCUT2D eigenvalue weighted by atomic mass is 10.1. The van der Waals surface area contributed by atoms with E-state index in [0.29, 0.717) is 0 Å². The molecule has 0 saturated carbocycles. The standard InChI is InChI=1S/C6H12O8/c7-1-2(8)3(9)4(10)5(11)6(12)14-13/h2-3,5-9,11-13H,1H2/t2-,3-,5-,6?/m1/s1. The van der Waals surface area contributed by atoms with E-state index in [2.05, 4.69) is 4.89 Å². The maximum Gasteiger partial charge on any atom is 0.222 e. The van der Waals surface area contributed by atoms with Gasteiger partial charge in [0.2, 0.25) is 6.29 Å². The molecule has 6 N–H and O–H groups in total. The zero-order valence-electron chi connectivity index (χ0n) is 7.02. The minimum Gasteiger partial charge on any atom is -0.394 e. The summed E-state index contributed by atoms with van der Waals surface area (Å²) < 4.78 is 0. The number of hydrogen-bond acceptors (Lipinski definition) is 8. The predicted molar refractivity (Wildman–Crippen MR) is 39.8 cm³/mol. The molecule has 14 heavy (non-hydrogen) atoms. The maximum absolute atomic E-state index is 10.9. The fourth-order valence-electron chi connectivity index (χ4n) is 0.663. The van der Waals surface area contributed by atoms with Crippen LogP contribution in [-0.4, -0.2) is 67.8 Å². The average Bonchev–Trinajstić information content (AvgIpc) is 2.23. The summed E-state index contributed by atoms with van der Waals surface area (Å²) in [6, 6.07) is 0. The number of rotatable bonds is 6. The molecule has 0 bridgehead atoms. The van der Waals surface area contributed by atoms with E-state index in [1.54, 1.807) is 0 Å². The lowest BCUT2D eigenvalue weighted by Crippen LogP contribution is -2.47. The van der Waals surface area contributed by atoms with Crippen molar-refractivity contribution in [3.05, 3.63) is 0 Å². The van der Waals surface area contributed by atoms with Crippen LogP contribution in [-0.2, 0) is 9.68 Å². The molecule has 84 valence electrons. The van der Waals surface area contributed by atoms with Crippen LogP contribution in [0.25, 0.3) is 0 Å². The third kappa shape index (κ3) is 3.27. The van der Waals surface area contributed by atoms with Crippen LogP contribution in [0.15, 0.2) is 0 Å². The van der Waals surface area contributed by atoms with Crippen LogP contribution in [0.2, 0.25) is 0 Å². The Morgan fingerprint density at radius 3 is 2.00 bits per heavy atom. The van der Waals surface area contributed by atoms with Gasteiger partial charge in [0.25, 0.3) is 0 Å². The Labute approximate surface area is 78.5 Å². The SMILES string of the molecule is O=C([C@@H](O)C(O)OO)[C@H](O)[C@H](O)CO. The van der Waals surface area contributed by atoms with E-state index < -0.39 is 37.0 Å². The normalized spacial score (nSPS) is 19.9. The first-order chi connectivity index (χ1) is 6.45. The van der Waals surface area contributed by atoms with E-state index >= 15 is 0 Å². The van der Waals surface area contributed by atoms with Gasteiger partial charge in [0.1, 0.15) is 12.2 Å². The fraction of sp³-hybridized carbons (Fsp3) is 0.833. The second-order valence-corrected chi connectivity index (χ2v) is 2.54. The van der Waals surface area contributed by atoms with E-state index in [1.807, 2.05) is 0 Å². The molecule has 0 spiro atoms. The Morgan fingerprint density at radius 1 is 1.14 bits per heavy atom. The second kappa shape index (κ2) is 5.98. The lowest BCUT2D eigenvalue weighted by molar-refractivity contribution is -0.350. The van der Waals surface area contributed by atoms with Gasteiger partial charge in [-0.3, -0.25) is 4.79 Å². The van der Waals surface area contributed by atoms with Crippen molar-refractivity contribution >= 4 is 5.78 Å². The Hall–Kier alpha value is -0.610. The molecule has 0 aliphatic carbocycles. The highest BCUT2D eigenvalue weighted by atomic mass is 17.1. The van der Waals surface area contributed by atoms with Crippen molar-refractivity contribution in [3.8, 4) is 0 Å². The summed E-state index contributed by atoms with van der Waals surface area (Å²) in [5.74, 6) is -1.38. The topological polar surface area (TPSA) is 148 Å². The van der Waals surface area contributed by atoms with Crippen LogP contribution >= 0.6 is 0 Å². The molecule has 0 saturated heterocycles. The molecule has 0 aliphatic rings. The molecule has 0 amide bonds. The molecular formula is C6H12O8. The van der Waals surface area contributed by atoms with Gasteiger partial charge >= 0.3 is 0 Å². The molecule has 0 aliphatic heterocycles. The highest BCUT2D eigenvalue weighted by molar-refractivity contribution is 5.87. The Balaban J connectivity index is 4.31. The van der Waals surface area contributed by atoms with Crippen molar-refractivity contribution < 1.29 is 40.5 Å². The van der Waals surface area contributed by atoms with Crippen molar-refractivity contribution in [1.82, 2.24) is 0 Å². The van der Waals surface area contributed by atoms with Gasteiger partial charge in [0.15, 0.2) is 11.9 Å². The zero-order valence-corrected chi connectivity index (χ0v) is 7.02. The van der Waals surface area contributed by atoms with E-state index in [9.17, 15) is 4.79 Å². The summed E-state index contributed by atoms with van der Waals surface area (Å²) in [5, 5.41) is 51.4. The van der Waals surface area contributed by atoms with Crippen LogP contribution in [0, 0.1) is 0 Å². The van der Waals surface area contributed by atoms with Gasteiger partial charge in [0, 0.05) is 0 Å². The average molecular weight is 212 g/mol.